The van der Waals surface area contributed by atoms with Crippen molar-refractivity contribution in [2.75, 3.05) is 0 Å². The molecule has 0 N–H and O–H groups in total. The molecule has 0 fully saturated rings. The van der Waals surface area contributed by atoms with E-state index in [0.29, 0.717) is 6.42 Å². The number of benzene rings is 2. The number of hydrogen-bond donors (Lipinski definition) is 0. The van der Waals surface area contributed by atoms with Gasteiger partial charge >= 0.3 is 0 Å². The molecule has 0 spiro atoms. The molecule has 0 unspecified atom stereocenters. The van der Waals surface area contributed by atoms with Gasteiger partial charge in [-0.2, -0.15) is 5.26 Å². The second-order valence-corrected chi connectivity index (χ2v) is 4.05. The van der Waals surface area contributed by atoms with E-state index in [-0.39, 0.29) is 0 Å². The van der Waals surface area contributed by atoms with E-state index in [0.717, 1.165) is 19.3 Å². The quantitative estimate of drug-likeness (QED) is 0.696. The molecule has 0 aliphatic rings. The van der Waals surface area contributed by atoms with Crippen LogP contribution in [0.1, 0.15) is 24.8 Å². The summed E-state index contributed by atoms with van der Waals surface area (Å²) in [6.07, 6.45) is 3.86. The van der Waals surface area contributed by atoms with E-state index in [1.807, 2.05) is 0 Å². The summed E-state index contributed by atoms with van der Waals surface area (Å²) < 4.78 is 0. The van der Waals surface area contributed by atoms with Crippen LogP contribution in [0, 0.1) is 11.3 Å². The number of aryl methyl sites for hydroxylation is 1. The van der Waals surface area contributed by atoms with Gasteiger partial charge in [0.25, 0.3) is 0 Å². The van der Waals surface area contributed by atoms with Gasteiger partial charge < -0.3 is 0 Å². The topological polar surface area (TPSA) is 23.8 Å². The summed E-state index contributed by atoms with van der Waals surface area (Å²) in [5, 5.41) is 11.1. The molecule has 2 aromatic rings. The lowest BCUT2D eigenvalue weighted by molar-refractivity contribution is 0.753. The van der Waals surface area contributed by atoms with Crippen LogP contribution in [0.2, 0.25) is 0 Å². The van der Waals surface area contributed by atoms with Gasteiger partial charge in [-0.25, -0.2) is 0 Å². The molecule has 0 radical (unpaired) electrons. The highest BCUT2D eigenvalue weighted by atomic mass is 14.2. The van der Waals surface area contributed by atoms with Crippen LogP contribution in [0.3, 0.4) is 0 Å². The molecule has 0 heterocycles. The Labute approximate surface area is 96.3 Å². The molecular weight excluding hydrogens is 194 g/mol. The predicted molar refractivity (Wildman–Crippen MR) is 67.1 cm³/mol. The smallest absolute Gasteiger partial charge is 0.0621 e. The Morgan fingerprint density at radius 2 is 1.75 bits per heavy atom. The minimum absolute atomic E-state index is 0.674. The van der Waals surface area contributed by atoms with Gasteiger partial charge in [-0.1, -0.05) is 42.5 Å². The lowest BCUT2D eigenvalue weighted by atomic mass is 10.0. The predicted octanol–water partition coefficient (Wildman–Crippen LogP) is 4.08. The molecule has 0 saturated heterocycles. The van der Waals surface area contributed by atoms with E-state index in [9.17, 15) is 0 Å². The molecule has 0 aliphatic heterocycles. The number of unbranched alkanes of at least 4 members (excludes halogenated alkanes) is 2. The molecule has 80 valence electrons. The van der Waals surface area contributed by atoms with E-state index in [1.54, 1.807) is 0 Å². The van der Waals surface area contributed by atoms with Gasteiger partial charge in [-0.05, 0) is 35.6 Å². The fourth-order valence-corrected chi connectivity index (χ4v) is 1.93. The van der Waals surface area contributed by atoms with Gasteiger partial charge in [-0.15, -0.1) is 0 Å². The second kappa shape index (κ2) is 5.32. The third-order valence-electron chi connectivity index (χ3n) is 2.82. The lowest BCUT2D eigenvalue weighted by Crippen LogP contribution is -1.85. The van der Waals surface area contributed by atoms with Crippen molar-refractivity contribution in [1.82, 2.24) is 0 Å². The monoisotopic (exact) mass is 209 g/mol. The van der Waals surface area contributed by atoms with Crippen molar-refractivity contribution in [3.05, 3.63) is 48.0 Å². The first kappa shape index (κ1) is 10.7. The molecule has 0 saturated carbocycles. The van der Waals surface area contributed by atoms with Crippen molar-refractivity contribution in [3.8, 4) is 6.07 Å². The highest BCUT2D eigenvalue weighted by Crippen LogP contribution is 2.17. The summed E-state index contributed by atoms with van der Waals surface area (Å²) in [4.78, 5) is 0. The third-order valence-corrected chi connectivity index (χ3v) is 2.82. The van der Waals surface area contributed by atoms with Crippen LogP contribution >= 0.6 is 0 Å². The van der Waals surface area contributed by atoms with Gasteiger partial charge in [0.05, 0.1) is 6.07 Å². The molecule has 16 heavy (non-hydrogen) atoms. The van der Waals surface area contributed by atoms with Gasteiger partial charge in [0, 0.05) is 6.42 Å². The normalized spacial score (nSPS) is 10.2. The molecule has 2 aromatic carbocycles. The van der Waals surface area contributed by atoms with Crippen molar-refractivity contribution in [3.63, 3.8) is 0 Å². The third kappa shape index (κ3) is 2.61. The Balaban J connectivity index is 2.05. The molecule has 0 aromatic heterocycles. The summed E-state index contributed by atoms with van der Waals surface area (Å²) in [6.45, 7) is 0. The Hall–Kier alpha value is -1.81. The number of rotatable bonds is 4. The maximum absolute atomic E-state index is 8.45. The van der Waals surface area contributed by atoms with Crippen LogP contribution in [-0.4, -0.2) is 0 Å². The highest BCUT2D eigenvalue weighted by molar-refractivity contribution is 5.82. The maximum atomic E-state index is 8.45. The molecule has 0 amide bonds. The zero-order valence-corrected chi connectivity index (χ0v) is 9.32. The minimum Gasteiger partial charge on any atom is -0.198 e. The van der Waals surface area contributed by atoms with Crippen molar-refractivity contribution in [1.29, 1.82) is 5.26 Å². The lowest BCUT2D eigenvalue weighted by Gasteiger charge is -2.02. The van der Waals surface area contributed by atoms with E-state index in [1.165, 1.54) is 16.3 Å². The van der Waals surface area contributed by atoms with Crippen molar-refractivity contribution in [2.45, 2.75) is 25.7 Å². The standard InChI is InChI=1S/C15H15N/c16-11-5-1-2-6-13-9-10-14-7-3-4-8-15(14)12-13/h3-4,7-10,12H,1-2,5-6H2. The minimum atomic E-state index is 0.674. The number of hydrogen-bond acceptors (Lipinski definition) is 1. The molecule has 2 rings (SSSR count). The number of fused-ring (bicyclic) bond motifs is 1. The largest absolute Gasteiger partial charge is 0.198 e. The number of nitriles is 1. The molecule has 0 atom stereocenters. The van der Waals surface area contributed by atoms with Gasteiger partial charge in [0.15, 0.2) is 0 Å². The van der Waals surface area contributed by atoms with Gasteiger partial charge in [0.2, 0.25) is 0 Å². The summed E-state index contributed by atoms with van der Waals surface area (Å²) in [5.74, 6) is 0. The molecule has 1 nitrogen and oxygen atoms in total. The zero-order chi connectivity index (χ0) is 11.2. The molecule has 0 aliphatic carbocycles. The second-order valence-electron chi connectivity index (χ2n) is 4.05. The Morgan fingerprint density at radius 1 is 0.938 bits per heavy atom. The van der Waals surface area contributed by atoms with E-state index >= 15 is 0 Å². The van der Waals surface area contributed by atoms with Crippen molar-refractivity contribution >= 4 is 10.8 Å². The van der Waals surface area contributed by atoms with E-state index in [4.69, 9.17) is 5.26 Å². The summed E-state index contributed by atoms with van der Waals surface area (Å²) in [5.41, 5.74) is 1.37. The molecule has 1 heteroatoms. The zero-order valence-electron chi connectivity index (χ0n) is 9.32. The molecular formula is C15H15N. The fourth-order valence-electron chi connectivity index (χ4n) is 1.93. The van der Waals surface area contributed by atoms with Crippen LogP contribution in [0.4, 0.5) is 0 Å². The summed E-state index contributed by atoms with van der Waals surface area (Å²) >= 11 is 0. The Kier molecular flexibility index (Phi) is 3.56. The van der Waals surface area contributed by atoms with Crippen LogP contribution < -0.4 is 0 Å². The van der Waals surface area contributed by atoms with Crippen LogP contribution in [0.5, 0.6) is 0 Å². The Bertz CT molecular complexity index is 508. The SMILES string of the molecule is N#CCCCCc1ccc2ccccc2c1. The highest BCUT2D eigenvalue weighted by Gasteiger charge is 1.96. The maximum Gasteiger partial charge on any atom is 0.0621 e. The first-order valence-electron chi connectivity index (χ1n) is 5.75. The van der Waals surface area contributed by atoms with Gasteiger partial charge in [0.1, 0.15) is 0 Å². The van der Waals surface area contributed by atoms with E-state index in [2.05, 4.69) is 48.5 Å². The Morgan fingerprint density at radius 3 is 2.56 bits per heavy atom. The van der Waals surface area contributed by atoms with Crippen molar-refractivity contribution in [2.24, 2.45) is 0 Å². The van der Waals surface area contributed by atoms with Crippen LogP contribution in [0.15, 0.2) is 42.5 Å². The van der Waals surface area contributed by atoms with Crippen LogP contribution in [-0.2, 0) is 6.42 Å². The average Bonchev–Trinajstić information content (AvgIpc) is 2.34. The summed E-state index contributed by atoms with van der Waals surface area (Å²) in [6, 6.07) is 17.2. The fraction of sp³-hybridized carbons (Fsp3) is 0.267. The first-order chi connectivity index (χ1) is 7.90. The van der Waals surface area contributed by atoms with Crippen molar-refractivity contribution < 1.29 is 0 Å². The summed E-state index contributed by atoms with van der Waals surface area (Å²) in [7, 11) is 0. The van der Waals surface area contributed by atoms with Gasteiger partial charge in [-0.3, -0.25) is 0 Å². The van der Waals surface area contributed by atoms with E-state index < -0.39 is 0 Å². The molecule has 0 bridgehead atoms. The average molecular weight is 209 g/mol. The number of nitrogens with zero attached hydrogens (tertiary/aromatic N) is 1. The van der Waals surface area contributed by atoms with Crippen LogP contribution in [0.25, 0.3) is 10.8 Å². The first-order valence-corrected chi connectivity index (χ1v) is 5.75.